The van der Waals surface area contributed by atoms with Gasteiger partial charge in [-0.2, -0.15) is 0 Å². The van der Waals surface area contributed by atoms with Gasteiger partial charge in [0.1, 0.15) is 30.3 Å². The molecular weight excluding hydrogens is 620 g/mol. The molecule has 0 radical (unpaired) electrons. The second-order valence-corrected chi connectivity index (χ2v) is 15.8. The highest BCUT2D eigenvalue weighted by atomic mass is 19.3. The summed E-state index contributed by atoms with van der Waals surface area (Å²) in [5, 5.41) is 3.40. The SMILES string of the molecule is CC[C@@H]1[C@@H]2CN(C(=O)[C@H](C(C)(C)C)NC(=O)O[C@@H]3CC4CC4[C@H]3CCCCC(F)(F)c3cc4ccc(OC5CC5)cc4nc3O2)[C@@H]1C=O. The number of hydrogen-bond acceptors (Lipinski definition) is 7. The minimum Gasteiger partial charge on any atom is -0.490 e. The van der Waals surface area contributed by atoms with Crippen molar-refractivity contribution in [3.63, 3.8) is 0 Å². The molecule has 0 spiro atoms. The number of benzene rings is 1. The van der Waals surface area contributed by atoms with E-state index in [4.69, 9.17) is 14.2 Å². The molecule has 3 aliphatic carbocycles. The molecule has 5 aliphatic rings. The number of alkyl halides is 2. The van der Waals surface area contributed by atoms with Gasteiger partial charge in [-0.05, 0) is 86.3 Å². The fraction of sp³-hybridized carbons (Fsp3) is 0.676. The number of carbonyl (C=O) groups excluding carboxylic acids is 3. The Morgan fingerprint density at radius 1 is 1.06 bits per heavy atom. The summed E-state index contributed by atoms with van der Waals surface area (Å²) in [5.74, 6) is -2.69. The van der Waals surface area contributed by atoms with Crippen LogP contribution in [-0.4, -0.2) is 65.1 Å². The molecule has 7 rings (SSSR count). The summed E-state index contributed by atoms with van der Waals surface area (Å²) in [6, 6.07) is 4.90. The molecule has 9 nitrogen and oxygen atoms in total. The summed E-state index contributed by atoms with van der Waals surface area (Å²) in [7, 11) is 0. The number of carbonyl (C=O) groups is 3. The molecule has 48 heavy (non-hydrogen) atoms. The van der Waals surface area contributed by atoms with Crippen LogP contribution < -0.4 is 14.8 Å². The average molecular weight is 668 g/mol. The quantitative estimate of drug-likeness (QED) is 0.358. The van der Waals surface area contributed by atoms with E-state index in [2.05, 4.69) is 10.3 Å². The number of aldehydes is 1. The highest BCUT2D eigenvalue weighted by molar-refractivity contribution is 5.89. The zero-order valence-electron chi connectivity index (χ0n) is 28.3. The molecular formula is C37H47F2N3O6. The van der Waals surface area contributed by atoms with Gasteiger partial charge in [-0.3, -0.25) is 4.79 Å². The normalized spacial score (nSPS) is 33.7. The van der Waals surface area contributed by atoms with Crippen LogP contribution in [0.1, 0.15) is 91.0 Å². The number of amides is 2. The summed E-state index contributed by atoms with van der Waals surface area (Å²) >= 11 is 0. The van der Waals surface area contributed by atoms with Gasteiger partial charge >= 0.3 is 6.09 Å². The van der Waals surface area contributed by atoms with Gasteiger partial charge in [0.05, 0.1) is 29.8 Å². The van der Waals surface area contributed by atoms with E-state index >= 15 is 8.78 Å². The van der Waals surface area contributed by atoms with Crippen molar-refractivity contribution in [3.8, 4) is 11.6 Å². The first kappa shape index (κ1) is 33.0. The van der Waals surface area contributed by atoms with E-state index in [0.717, 1.165) is 32.0 Å². The van der Waals surface area contributed by atoms with Crippen LogP contribution in [0.25, 0.3) is 10.9 Å². The smallest absolute Gasteiger partial charge is 0.408 e. The Morgan fingerprint density at radius 3 is 2.56 bits per heavy atom. The van der Waals surface area contributed by atoms with Gasteiger partial charge in [-0.1, -0.05) is 34.1 Å². The van der Waals surface area contributed by atoms with Crippen molar-refractivity contribution in [3.05, 3.63) is 29.8 Å². The average Bonchev–Trinajstić information content (AvgIpc) is 3.94. The second kappa shape index (κ2) is 12.4. The number of aromatic nitrogens is 1. The number of ether oxygens (including phenoxy) is 3. The van der Waals surface area contributed by atoms with E-state index in [9.17, 15) is 14.4 Å². The molecule has 1 N–H and O–H groups in total. The van der Waals surface area contributed by atoms with Gasteiger partial charge in [-0.15, -0.1) is 0 Å². The monoisotopic (exact) mass is 667 g/mol. The van der Waals surface area contributed by atoms with Crippen LogP contribution in [-0.2, 0) is 20.2 Å². The van der Waals surface area contributed by atoms with Crippen molar-refractivity contribution < 1.29 is 37.4 Å². The topological polar surface area (TPSA) is 107 Å². The molecule has 8 atom stereocenters. The Hall–Kier alpha value is -3.50. The maximum absolute atomic E-state index is 16.3. The van der Waals surface area contributed by atoms with Crippen LogP contribution in [0.3, 0.4) is 0 Å². The summed E-state index contributed by atoms with van der Waals surface area (Å²) in [4.78, 5) is 46.3. The minimum absolute atomic E-state index is 0.0202. The number of nitrogens with one attached hydrogen (secondary N) is 1. The van der Waals surface area contributed by atoms with Crippen LogP contribution in [0, 0.1) is 29.1 Å². The third-order valence-electron chi connectivity index (χ3n) is 11.2. The molecule has 2 bridgehead atoms. The molecule has 2 aliphatic heterocycles. The molecule has 2 unspecified atom stereocenters. The van der Waals surface area contributed by atoms with Crippen molar-refractivity contribution in [2.45, 2.75) is 122 Å². The molecule has 2 aromatic rings. The van der Waals surface area contributed by atoms with Gasteiger partial charge in [0.15, 0.2) is 0 Å². The van der Waals surface area contributed by atoms with Crippen molar-refractivity contribution >= 4 is 29.2 Å². The molecule has 2 amide bonds. The number of alkyl carbamates (subject to hydrolysis) is 1. The van der Waals surface area contributed by atoms with Gasteiger partial charge < -0.3 is 29.2 Å². The molecule has 260 valence electrons. The van der Waals surface area contributed by atoms with E-state index in [1.165, 1.54) is 11.0 Å². The lowest BCUT2D eigenvalue weighted by atomic mass is 9.85. The Kier molecular flexibility index (Phi) is 8.55. The van der Waals surface area contributed by atoms with E-state index < -0.39 is 47.4 Å². The molecule has 11 heteroatoms. The van der Waals surface area contributed by atoms with E-state index in [0.29, 0.717) is 47.8 Å². The number of fused-ring (bicyclic) bond motifs is 7. The van der Waals surface area contributed by atoms with Gasteiger partial charge in [-0.25, -0.2) is 18.6 Å². The van der Waals surface area contributed by atoms with Crippen molar-refractivity contribution in [1.82, 2.24) is 15.2 Å². The first-order chi connectivity index (χ1) is 22.9. The minimum atomic E-state index is -3.24. The lowest BCUT2D eigenvalue weighted by Gasteiger charge is -2.35. The van der Waals surface area contributed by atoms with Crippen LogP contribution in [0.2, 0.25) is 0 Å². The summed E-state index contributed by atoms with van der Waals surface area (Å²) in [6.45, 7) is 7.41. The maximum atomic E-state index is 16.3. The number of hydrogen-bond donors (Lipinski definition) is 1. The van der Waals surface area contributed by atoms with Crippen molar-refractivity contribution in [2.75, 3.05) is 6.54 Å². The zero-order valence-corrected chi connectivity index (χ0v) is 28.3. The molecule has 3 saturated carbocycles. The fourth-order valence-electron chi connectivity index (χ4n) is 8.33. The largest absolute Gasteiger partial charge is 0.490 e. The first-order valence-corrected chi connectivity index (χ1v) is 17.8. The van der Waals surface area contributed by atoms with Crippen molar-refractivity contribution in [1.29, 1.82) is 0 Å². The highest BCUT2D eigenvalue weighted by Crippen LogP contribution is 2.58. The summed E-state index contributed by atoms with van der Waals surface area (Å²) < 4.78 is 50.9. The summed E-state index contributed by atoms with van der Waals surface area (Å²) in [6.07, 6.45) is 4.53. The molecule has 1 saturated heterocycles. The van der Waals surface area contributed by atoms with Crippen LogP contribution in [0.15, 0.2) is 24.3 Å². The third-order valence-corrected chi connectivity index (χ3v) is 11.2. The standard InChI is InChI=1S/C37H47F2N3O6/c1-5-24-29(19-43)42-18-31(24)47-33-27(15-20-9-10-23(17-28(20)40-33)46-22-11-12-22)37(38,39)13-7-6-8-25-26-14-21(26)16-30(25)48-35(45)41-32(34(42)44)36(2,3)4/h9-10,15,17,19,21-22,24-26,29-32H,5-8,11-14,16,18H2,1-4H3,(H,41,45)/t21?,24-,25+,26?,29+,30+,31-,32+/m0/s1. The maximum Gasteiger partial charge on any atom is 0.408 e. The van der Waals surface area contributed by atoms with Crippen LogP contribution in [0.4, 0.5) is 13.6 Å². The lowest BCUT2D eigenvalue weighted by molar-refractivity contribution is -0.139. The second-order valence-electron chi connectivity index (χ2n) is 15.8. The predicted octanol–water partition coefficient (Wildman–Crippen LogP) is 6.79. The van der Waals surface area contributed by atoms with Gasteiger partial charge in [0.2, 0.25) is 11.8 Å². The van der Waals surface area contributed by atoms with E-state index in [1.54, 1.807) is 18.2 Å². The van der Waals surface area contributed by atoms with E-state index in [1.807, 2.05) is 27.7 Å². The number of pyridine rings is 1. The Bertz CT molecular complexity index is 1570. The number of rotatable bonds is 4. The first-order valence-electron chi connectivity index (χ1n) is 17.8. The molecule has 4 fully saturated rings. The molecule has 1 aromatic heterocycles. The summed E-state index contributed by atoms with van der Waals surface area (Å²) in [5.41, 5.74) is -0.534. The Balaban J connectivity index is 1.27. The lowest BCUT2D eigenvalue weighted by Crippen LogP contribution is -2.56. The number of nitrogens with zero attached hydrogens (tertiary/aromatic N) is 2. The molecule has 1 aromatic carbocycles. The van der Waals surface area contributed by atoms with Crippen LogP contribution in [0.5, 0.6) is 11.6 Å². The predicted molar refractivity (Wildman–Crippen MR) is 174 cm³/mol. The number of halogens is 2. The highest BCUT2D eigenvalue weighted by Gasteiger charge is 2.55. The van der Waals surface area contributed by atoms with Crippen LogP contribution >= 0.6 is 0 Å². The van der Waals surface area contributed by atoms with Crippen molar-refractivity contribution in [2.24, 2.45) is 29.1 Å². The zero-order chi connectivity index (χ0) is 34.0. The van der Waals surface area contributed by atoms with E-state index in [-0.39, 0.29) is 49.0 Å². The fourth-order valence-corrected chi connectivity index (χ4v) is 8.33. The Labute approximate surface area is 280 Å². The van der Waals surface area contributed by atoms with Gasteiger partial charge in [0, 0.05) is 23.8 Å². The van der Waals surface area contributed by atoms with Gasteiger partial charge in [0.25, 0.3) is 5.92 Å². The Morgan fingerprint density at radius 2 is 1.85 bits per heavy atom. The molecule has 3 heterocycles. The third kappa shape index (κ3) is 6.45.